The van der Waals surface area contributed by atoms with Crippen molar-refractivity contribution in [2.45, 2.75) is 25.4 Å². The fraction of sp³-hybridized carbons (Fsp3) is 0.235. The highest BCUT2D eigenvalue weighted by Crippen LogP contribution is 2.27. The lowest BCUT2D eigenvalue weighted by Gasteiger charge is -2.07. The summed E-state index contributed by atoms with van der Waals surface area (Å²) in [5, 5.41) is 1.09. The molecule has 0 bridgehead atoms. The Kier molecular flexibility index (Phi) is 4.18. The van der Waals surface area contributed by atoms with Crippen LogP contribution in [-0.4, -0.2) is 11.9 Å². The Morgan fingerprint density at radius 2 is 1.81 bits per heavy atom. The standard InChI is InChI=1S/C17H14Cl2O2/c18-13-4-1-12(16(19)10-13)9-17(20)11-2-5-14(6-3-11)21-15-7-8-15/h1-6,10,15H,7-9H2. The number of hydrogen-bond donors (Lipinski definition) is 0. The smallest absolute Gasteiger partial charge is 0.167 e. The molecule has 0 N–H and O–H groups in total. The van der Waals surface area contributed by atoms with E-state index in [1.807, 2.05) is 12.1 Å². The minimum atomic E-state index is 0.0252. The molecular formula is C17H14Cl2O2. The van der Waals surface area contributed by atoms with Gasteiger partial charge in [0.2, 0.25) is 0 Å². The number of carbonyl (C=O) groups is 1. The molecule has 1 fully saturated rings. The molecule has 4 heteroatoms. The summed E-state index contributed by atoms with van der Waals surface area (Å²) in [6, 6.07) is 12.5. The molecule has 0 radical (unpaired) electrons. The lowest BCUT2D eigenvalue weighted by atomic mass is 10.0. The van der Waals surface area contributed by atoms with Gasteiger partial charge in [-0.05, 0) is 54.8 Å². The number of ether oxygens (including phenoxy) is 1. The maximum absolute atomic E-state index is 12.3. The molecule has 0 heterocycles. The zero-order valence-corrected chi connectivity index (χ0v) is 12.8. The van der Waals surface area contributed by atoms with Crippen LogP contribution in [0.25, 0.3) is 0 Å². The maximum Gasteiger partial charge on any atom is 0.167 e. The van der Waals surface area contributed by atoms with Crippen molar-refractivity contribution in [3.05, 3.63) is 63.6 Å². The van der Waals surface area contributed by atoms with Gasteiger partial charge in [-0.15, -0.1) is 0 Å². The SMILES string of the molecule is O=C(Cc1ccc(Cl)cc1Cl)c1ccc(OC2CC2)cc1. The summed E-state index contributed by atoms with van der Waals surface area (Å²) in [7, 11) is 0. The minimum Gasteiger partial charge on any atom is -0.490 e. The highest BCUT2D eigenvalue weighted by atomic mass is 35.5. The Labute approximate surface area is 133 Å². The zero-order chi connectivity index (χ0) is 14.8. The van der Waals surface area contributed by atoms with Crippen LogP contribution in [0.3, 0.4) is 0 Å². The van der Waals surface area contributed by atoms with E-state index in [9.17, 15) is 4.79 Å². The summed E-state index contributed by atoms with van der Waals surface area (Å²) in [6.45, 7) is 0. The first-order valence-corrected chi connectivity index (χ1v) is 7.61. The van der Waals surface area contributed by atoms with Crippen LogP contribution in [0.4, 0.5) is 0 Å². The summed E-state index contributed by atoms with van der Waals surface area (Å²) >= 11 is 11.9. The third-order valence-electron chi connectivity index (χ3n) is 3.37. The Morgan fingerprint density at radius 3 is 2.43 bits per heavy atom. The number of ketones is 1. The zero-order valence-electron chi connectivity index (χ0n) is 11.3. The first-order chi connectivity index (χ1) is 10.1. The number of halogens is 2. The van der Waals surface area contributed by atoms with Crippen molar-refractivity contribution < 1.29 is 9.53 Å². The summed E-state index contributed by atoms with van der Waals surface area (Å²) in [5.41, 5.74) is 1.44. The Bertz CT molecular complexity index is 661. The Morgan fingerprint density at radius 1 is 1.10 bits per heavy atom. The van der Waals surface area contributed by atoms with Gasteiger partial charge in [0.1, 0.15) is 5.75 Å². The fourth-order valence-electron chi connectivity index (χ4n) is 2.04. The highest BCUT2D eigenvalue weighted by molar-refractivity contribution is 6.35. The molecule has 0 aliphatic heterocycles. The van der Waals surface area contributed by atoms with E-state index in [4.69, 9.17) is 27.9 Å². The van der Waals surface area contributed by atoms with Crippen LogP contribution in [0.5, 0.6) is 5.75 Å². The van der Waals surface area contributed by atoms with Crippen LogP contribution >= 0.6 is 23.2 Å². The Hall–Kier alpha value is -1.51. The number of rotatable bonds is 5. The van der Waals surface area contributed by atoms with E-state index in [-0.39, 0.29) is 12.2 Å². The molecule has 2 aromatic rings. The molecule has 0 atom stereocenters. The number of carbonyl (C=O) groups excluding carboxylic acids is 1. The van der Waals surface area contributed by atoms with Gasteiger partial charge in [-0.2, -0.15) is 0 Å². The molecule has 21 heavy (non-hydrogen) atoms. The molecule has 2 nitrogen and oxygen atoms in total. The number of hydrogen-bond acceptors (Lipinski definition) is 2. The maximum atomic E-state index is 12.3. The van der Waals surface area contributed by atoms with Crippen molar-refractivity contribution in [1.82, 2.24) is 0 Å². The van der Waals surface area contributed by atoms with E-state index in [0.717, 1.165) is 24.2 Å². The summed E-state index contributed by atoms with van der Waals surface area (Å²) in [4.78, 5) is 12.3. The van der Waals surface area contributed by atoms with Crippen molar-refractivity contribution in [2.24, 2.45) is 0 Å². The van der Waals surface area contributed by atoms with Gasteiger partial charge in [0.25, 0.3) is 0 Å². The second-order valence-electron chi connectivity index (χ2n) is 5.18. The fourth-order valence-corrected chi connectivity index (χ4v) is 2.51. The van der Waals surface area contributed by atoms with Gasteiger partial charge >= 0.3 is 0 Å². The molecule has 1 saturated carbocycles. The van der Waals surface area contributed by atoms with Crippen molar-refractivity contribution in [3.63, 3.8) is 0 Å². The largest absolute Gasteiger partial charge is 0.490 e. The third-order valence-corrected chi connectivity index (χ3v) is 3.96. The third kappa shape index (κ3) is 3.78. The van der Waals surface area contributed by atoms with Crippen molar-refractivity contribution in [3.8, 4) is 5.75 Å². The molecule has 1 aliphatic rings. The van der Waals surface area contributed by atoms with Gasteiger partial charge in [-0.25, -0.2) is 0 Å². The molecule has 2 aromatic carbocycles. The van der Waals surface area contributed by atoms with Gasteiger partial charge in [0.15, 0.2) is 5.78 Å². The molecule has 0 saturated heterocycles. The summed E-state index contributed by atoms with van der Waals surface area (Å²) in [6.07, 6.45) is 2.86. The van der Waals surface area contributed by atoms with Crippen LogP contribution in [0, 0.1) is 0 Å². The van der Waals surface area contributed by atoms with Crippen LogP contribution < -0.4 is 4.74 Å². The molecule has 108 valence electrons. The van der Waals surface area contributed by atoms with Gasteiger partial charge in [-0.1, -0.05) is 29.3 Å². The molecule has 0 aromatic heterocycles. The molecule has 0 spiro atoms. The molecular weight excluding hydrogens is 307 g/mol. The predicted octanol–water partition coefficient (Wildman–Crippen LogP) is 4.96. The topological polar surface area (TPSA) is 26.3 Å². The predicted molar refractivity (Wildman–Crippen MR) is 84.6 cm³/mol. The molecule has 0 amide bonds. The van der Waals surface area contributed by atoms with E-state index in [1.165, 1.54) is 0 Å². The van der Waals surface area contributed by atoms with E-state index in [0.29, 0.717) is 21.7 Å². The van der Waals surface area contributed by atoms with Crippen molar-refractivity contribution in [2.75, 3.05) is 0 Å². The van der Waals surface area contributed by atoms with Crippen LogP contribution in [0.2, 0.25) is 10.0 Å². The average molecular weight is 321 g/mol. The van der Waals surface area contributed by atoms with Crippen molar-refractivity contribution in [1.29, 1.82) is 0 Å². The van der Waals surface area contributed by atoms with E-state index < -0.39 is 0 Å². The summed E-state index contributed by atoms with van der Waals surface area (Å²) in [5.74, 6) is 0.843. The number of Topliss-reactive ketones (excluding diaryl/α,β-unsaturated/α-hetero) is 1. The van der Waals surface area contributed by atoms with Gasteiger partial charge < -0.3 is 4.74 Å². The van der Waals surface area contributed by atoms with Crippen LogP contribution in [0.15, 0.2) is 42.5 Å². The molecule has 0 unspecified atom stereocenters. The first-order valence-electron chi connectivity index (χ1n) is 6.85. The quantitative estimate of drug-likeness (QED) is 0.728. The van der Waals surface area contributed by atoms with Gasteiger partial charge in [0, 0.05) is 22.0 Å². The van der Waals surface area contributed by atoms with E-state index in [2.05, 4.69) is 0 Å². The van der Waals surface area contributed by atoms with Crippen LogP contribution in [0.1, 0.15) is 28.8 Å². The summed E-state index contributed by atoms with van der Waals surface area (Å²) < 4.78 is 5.66. The normalized spacial score (nSPS) is 14.0. The average Bonchev–Trinajstić information content (AvgIpc) is 3.26. The van der Waals surface area contributed by atoms with E-state index in [1.54, 1.807) is 30.3 Å². The van der Waals surface area contributed by atoms with Gasteiger partial charge in [0.05, 0.1) is 6.10 Å². The lowest BCUT2D eigenvalue weighted by molar-refractivity contribution is 0.0993. The monoisotopic (exact) mass is 320 g/mol. The Balaban J connectivity index is 1.69. The lowest BCUT2D eigenvalue weighted by Crippen LogP contribution is -2.04. The first kappa shape index (κ1) is 14.4. The minimum absolute atomic E-state index is 0.0252. The number of benzene rings is 2. The van der Waals surface area contributed by atoms with Gasteiger partial charge in [-0.3, -0.25) is 4.79 Å². The van der Waals surface area contributed by atoms with Crippen LogP contribution in [-0.2, 0) is 6.42 Å². The highest BCUT2D eigenvalue weighted by Gasteiger charge is 2.23. The second-order valence-corrected chi connectivity index (χ2v) is 6.02. The van der Waals surface area contributed by atoms with E-state index >= 15 is 0 Å². The second kappa shape index (κ2) is 6.08. The van der Waals surface area contributed by atoms with Crippen molar-refractivity contribution >= 4 is 29.0 Å². The molecule has 3 rings (SSSR count). The molecule has 1 aliphatic carbocycles.